The van der Waals surface area contributed by atoms with Crippen LogP contribution in [0.2, 0.25) is 0 Å². The fourth-order valence-corrected chi connectivity index (χ4v) is 1.55. The number of halogens is 1. The summed E-state index contributed by atoms with van der Waals surface area (Å²) < 4.78 is 0. The Kier molecular flexibility index (Phi) is 2.33. The zero-order chi connectivity index (χ0) is 6.85. The molecule has 1 saturated heterocycles. The summed E-state index contributed by atoms with van der Waals surface area (Å²) in [4.78, 5) is 1.92. The zero-order valence-electron chi connectivity index (χ0n) is 5.55. The van der Waals surface area contributed by atoms with Crippen molar-refractivity contribution in [3.8, 4) is 0 Å². The number of alkyl halides is 1. The number of aliphatic hydroxyl groups is 1. The Morgan fingerprint density at radius 3 is 2.56 bits per heavy atom. The lowest BCUT2D eigenvalue weighted by Gasteiger charge is -2.19. The molecule has 0 amide bonds. The SMILES string of the molecule is CN1C(O)CCC1CCl. The van der Waals surface area contributed by atoms with Gasteiger partial charge in [-0.1, -0.05) is 0 Å². The first kappa shape index (κ1) is 7.32. The van der Waals surface area contributed by atoms with Gasteiger partial charge in [0, 0.05) is 11.9 Å². The largest absolute Gasteiger partial charge is 0.378 e. The van der Waals surface area contributed by atoms with Gasteiger partial charge in [-0.2, -0.15) is 0 Å². The lowest BCUT2D eigenvalue weighted by atomic mass is 10.2. The van der Waals surface area contributed by atoms with Crippen molar-refractivity contribution in [1.82, 2.24) is 4.90 Å². The van der Waals surface area contributed by atoms with Crippen LogP contribution < -0.4 is 0 Å². The van der Waals surface area contributed by atoms with E-state index in [2.05, 4.69) is 0 Å². The number of aliphatic hydroxyl groups excluding tert-OH is 1. The van der Waals surface area contributed by atoms with Gasteiger partial charge in [0.15, 0.2) is 0 Å². The van der Waals surface area contributed by atoms with Crippen molar-refractivity contribution < 1.29 is 5.11 Å². The highest BCUT2D eigenvalue weighted by atomic mass is 35.5. The minimum atomic E-state index is -0.256. The molecule has 0 aromatic rings. The van der Waals surface area contributed by atoms with Crippen LogP contribution in [-0.2, 0) is 0 Å². The van der Waals surface area contributed by atoms with Gasteiger partial charge in [0.1, 0.15) is 6.23 Å². The number of rotatable bonds is 1. The van der Waals surface area contributed by atoms with E-state index in [4.69, 9.17) is 16.7 Å². The third kappa shape index (κ3) is 1.37. The van der Waals surface area contributed by atoms with Gasteiger partial charge in [-0.25, -0.2) is 0 Å². The molecular formula is C6H12ClNO. The Morgan fingerprint density at radius 1 is 1.67 bits per heavy atom. The molecule has 1 fully saturated rings. The quantitative estimate of drug-likeness (QED) is 0.553. The molecule has 0 spiro atoms. The highest BCUT2D eigenvalue weighted by Gasteiger charge is 2.27. The van der Waals surface area contributed by atoms with Crippen molar-refractivity contribution in [3.05, 3.63) is 0 Å². The maximum Gasteiger partial charge on any atom is 0.107 e. The molecule has 0 radical (unpaired) electrons. The fraction of sp³-hybridized carbons (Fsp3) is 1.00. The maximum atomic E-state index is 9.17. The van der Waals surface area contributed by atoms with Crippen LogP contribution in [0.25, 0.3) is 0 Å². The number of likely N-dealkylation sites (tertiary alicyclic amines) is 1. The average Bonchev–Trinajstić information content (AvgIpc) is 2.15. The highest BCUT2D eigenvalue weighted by Crippen LogP contribution is 2.20. The minimum absolute atomic E-state index is 0.256. The molecule has 2 unspecified atom stereocenters. The molecule has 1 aliphatic heterocycles. The summed E-state index contributed by atoms with van der Waals surface area (Å²) in [6.45, 7) is 0. The van der Waals surface area contributed by atoms with Crippen molar-refractivity contribution in [3.63, 3.8) is 0 Å². The molecule has 9 heavy (non-hydrogen) atoms. The van der Waals surface area contributed by atoms with Gasteiger partial charge in [-0.15, -0.1) is 11.6 Å². The van der Waals surface area contributed by atoms with Gasteiger partial charge in [0.05, 0.1) is 0 Å². The van der Waals surface area contributed by atoms with Crippen LogP contribution in [0, 0.1) is 0 Å². The Labute approximate surface area is 60.4 Å². The van der Waals surface area contributed by atoms with Crippen molar-refractivity contribution >= 4 is 11.6 Å². The molecule has 0 saturated carbocycles. The molecule has 0 aromatic heterocycles. The molecule has 0 aliphatic carbocycles. The predicted octanol–water partition coefficient (Wildman–Crippen LogP) is 0.638. The van der Waals surface area contributed by atoms with Crippen LogP contribution in [-0.4, -0.2) is 35.2 Å². The Balaban J connectivity index is 2.41. The van der Waals surface area contributed by atoms with E-state index in [1.54, 1.807) is 0 Å². The number of hydrogen-bond donors (Lipinski definition) is 1. The second-order valence-corrected chi connectivity index (χ2v) is 2.84. The van der Waals surface area contributed by atoms with Crippen LogP contribution in [0.1, 0.15) is 12.8 Å². The summed E-state index contributed by atoms with van der Waals surface area (Å²) in [5.74, 6) is 0.633. The Hall–Kier alpha value is 0.210. The van der Waals surface area contributed by atoms with Gasteiger partial charge < -0.3 is 5.11 Å². The molecule has 2 atom stereocenters. The number of nitrogens with zero attached hydrogens (tertiary/aromatic N) is 1. The summed E-state index contributed by atoms with van der Waals surface area (Å²) in [6, 6.07) is 0.390. The maximum absolute atomic E-state index is 9.17. The van der Waals surface area contributed by atoms with Crippen LogP contribution in [0.15, 0.2) is 0 Å². The molecular weight excluding hydrogens is 138 g/mol. The van der Waals surface area contributed by atoms with Crippen molar-refractivity contribution in [2.45, 2.75) is 25.1 Å². The fourth-order valence-electron chi connectivity index (χ4n) is 1.18. The van der Waals surface area contributed by atoms with E-state index in [-0.39, 0.29) is 6.23 Å². The second kappa shape index (κ2) is 2.86. The van der Waals surface area contributed by atoms with Crippen LogP contribution >= 0.6 is 11.6 Å². The second-order valence-electron chi connectivity index (χ2n) is 2.53. The molecule has 54 valence electrons. The van der Waals surface area contributed by atoms with Gasteiger partial charge in [-0.05, 0) is 19.9 Å². The predicted molar refractivity (Wildman–Crippen MR) is 37.5 cm³/mol. The summed E-state index contributed by atoms with van der Waals surface area (Å²) in [5, 5.41) is 9.17. The standard InChI is InChI=1S/C6H12ClNO/c1-8-5(4-7)2-3-6(8)9/h5-6,9H,2-4H2,1H3. The van der Waals surface area contributed by atoms with Crippen LogP contribution in [0.5, 0.6) is 0 Å². The Bertz CT molecular complexity index is 99.1. The third-order valence-corrected chi connectivity index (χ3v) is 2.34. The van der Waals surface area contributed by atoms with Gasteiger partial charge in [0.2, 0.25) is 0 Å². The molecule has 1 N–H and O–H groups in total. The molecule has 3 heteroatoms. The third-order valence-electron chi connectivity index (χ3n) is 1.98. The van der Waals surface area contributed by atoms with Crippen LogP contribution in [0.3, 0.4) is 0 Å². The molecule has 1 rings (SSSR count). The van der Waals surface area contributed by atoms with Crippen molar-refractivity contribution in [1.29, 1.82) is 0 Å². The van der Waals surface area contributed by atoms with E-state index in [0.717, 1.165) is 12.8 Å². The van der Waals surface area contributed by atoms with E-state index in [1.807, 2.05) is 11.9 Å². The van der Waals surface area contributed by atoms with Gasteiger partial charge >= 0.3 is 0 Å². The molecule has 1 aliphatic rings. The summed E-state index contributed by atoms with van der Waals surface area (Å²) >= 11 is 5.62. The van der Waals surface area contributed by atoms with Crippen LogP contribution in [0.4, 0.5) is 0 Å². The van der Waals surface area contributed by atoms with Crippen molar-refractivity contribution in [2.24, 2.45) is 0 Å². The molecule has 2 nitrogen and oxygen atoms in total. The summed E-state index contributed by atoms with van der Waals surface area (Å²) in [6.07, 6.45) is 1.64. The first-order chi connectivity index (χ1) is 4.25. The normalized spacial score (nSPS) is 37.7. The topological polar surface area (TPSA) is 23.5 Å². The highest BCUT2D eigenvalue weighted by molar-refractivity contribution is 6.18. The van der Waals surface area contributed by atoms with Gasteiger partial charge in [-0.3, -0.25) is 4.90 Å². The Morgan fingerprint density at radius 2 is 2.33 bits per heavy atom. The molecule has 1 heterocycles. The summed E-state index contributed by atoms with van der Waals surface area (Å²) in [7, 11) is 1.91. The lowest BCUT2D eigenvalue weighted by molar-refractivity contribution is 0.0418. The smallest absolute Gasteiger partial charge is 0.107 e. The zero-order valence-corrected chi connectivity index (χ0v) is 6.30. The van der Waals surface area contributed by atoms with E-state index in [9.17, 15) is 0 Å². The van der Waals surface area contributed by atoms with Crippen molar-refractivity contribution in [2.75, 3.05) is 12.9 Å². The average molecular weight is 150 g/mol. The first-order valence-electron chi connectivity index (χ1n) is 3.21. The lowest BCUT2D eigenvalue weighted by Crippen LogP contribution is -2.32. The van der Waals surface area contributed by atoms with Gasteiger partial charge in [0.25, 0.3) is 0 Å². The van der Waals surface area contributed by atoms with E-state index in [1.165, 1.54) is 0 Å². The molecule has 0 aromatic carbocycles. The monoisotopic (exact) mass is 149 g/mol. The first-order valence-corrected chi connectivity index (χ1v) is 3.75. The number of hydrogen-bond acceptors (Lipinski definition) is 2. The molecule has 0 bridgehead atoms. The van der Waals surface area contributed by atoms with E-state index >= 15 is 0 Å². The summed E-state index contributed by atoms with van der Waals surface area (Å²) in [5.41, 5.74) is 0. The minimum Gasteiger partial charge on any atom is -0.378 e. The van der Waals surface area contributed by atoms with E-state index < -0.39 is 0 Å². The van der Waals surface area contributed by atoms with E-state index in [0.29, 0.717) is 11.9 Å².